The number of hydrogen-bond donors (Lipinski definition) is 1. The highest BCUT2D eigenvalue weighted by Crippen LogP contribution is 2.19. The van der Waals surface area contributed by atoms with E-state index in [2.05, 4.69) is 27.5 Å². The molecule has 0 radical (unpaired) electrons. The fourth-order valence-electron chi connectivity index (χ4n) is 2.54. The Balaban J connectivity index is 1.48. The molecule has 25 heavy (non-hydrogen) atoms. The number of thioether (sulfide) groups is 1. The van der Waals surface area contributed by atoms with E-state index in [1.54, 1.807) is 28.8 Å². The predicted octanol–water partition coefficient (Wildman–Crippen LogP) is 3.12. The molecule has 1 N–H and O–H groups in total. The Hall–Kier alpha value is -1.70. The Bertz CT molecular complexity index is 662. The van der Waals surface area contributed by atoms with Gasteiger partial charge in [-0.3, -0.25) is 9.89 Å². The molecule has 0 bridgehead atoms. The van der Waals surface area contributed by atoms with Gasteiger partial charge >= 0.3 is 6.03 Å². The molecule has 8 heteroatoms. The molecule has 1 saturated heterocycles. The molecule has 1 aromatic carbocycles. The number of aliphatic imine (C=N–C) groups is 1. The quantitative estimate of drug-likeness (QED) is 0.871. The van der Waals surface area contributed by atoms with E-state index in [1.807, 2.05) is 12.1 Å². The van der Waals surface area contributed by atoms with Gasteiger partial charge in [-0.25, -0.2) is 4.79 Å². The van der Waals surface area contributed by atoms with Crippen LogP contribution in [0.4, 0.5) is 10.5 Å². The first-order chi connectivity index (χ1) is 12.2. The van der Waals surface area contributed by atoms with Crippen molar-refractivity contribution in [3.05, 3.63) is 41.6 Å². The standard InChI is InChI=1S/C17H21ClN4O2S/c18-14-3-1-4-15(13-14)20-16(23)22-7-5-19-17(22)25-12-2-6-21-8-10-24-11-9-21/h1-4,6,13H,5,7-12H2,(H,20,23)/b6-2+. The van der Waals surface area contributed by atoms with Gasteiger partial charge in [-0.05, 0) is 24.4 Å². The molecule has 0 saturated carbocycles. The molecule has 2 aliphatic rings. The number of nitrogens with one attached hydrogen (secondary N) is 1. The van der Waals surface area contributed by atoms with Crippen LogP contribution in [0.3, 0.4) is 0 Å². The molecule has 0 atom stereocenters. The molecule has 134 valence electrons. The van der Waals surface area contributed by atoms with Crippen molar-refractivity contribution >= 4 is 40.2 Å². The molecule has 2 amide bonds. The van der Waals surface area contributed by atoms with E-state index in [4.69, 9.17) is 16.3 Å². The maximum absolute atomic E-state index is 12.5. The van der Waals surface area contributed by atoms with Gasteiger partial charge in [-0.1, -0.05) is 35.5 Å². The molecule has 2 heterocycles. The smallest absolute Gasteiger partial charge is 0.327 e. The zero-order valence-electron chi connectivity index (χ0n) is 13.9. The highest BCUT2D eigenvalue weighted by molar-refractivity contribution is 8.13. The number of morpholine rings is 1. The van der Waals surface area contributed by atoms with E-state index in [-0.39, 0.29) is 6.03 Å². The fraction of sp³-hybridized carbons (Fsp3) is 0.412. The number of benzene rings is 1. The lowest BCUT2D eigenvalue weighted by Gasteiger charge is -2.25. The zero-order valence-corrected chi connectivity index (χ0v) is 15.4. The first-order valence-electron chi connectivity index (χ1n) is 8.22. The summed E-state index contributed by atoms with van der Waals surface area (Å²) in [4.78, 5) is 20.8. The van der Waals surface area contributed by atoms with Crippen LogP contribution in [0.25, 0.3) is 0 Å². The third kappa shape index (κ3) is 5.39. The topological polar surface area (TPSA) is 57.2 Å². The van der Waals surface area contributed by atoms with Crippen LogP contribution >= 0.6 is 23.4 Å². The van der Waals surface area contributed by atoms with Crippen molar-refractivity contribution < 1.29 is 9.53 Å². The van der Waals surface area contributed by atoms with Crippen LogP contribution in [0.1, 0.15) is 0 Å². The van der Waals surface area contributed by atoms with E-state index >= 15 is 0 Å². The van der Waals surface area contributed by atoms with Crippen molar-refractivity contribution in [2.24, 2.45) is 4.99 Å². The number of nitrogens with zero attached hydrogens (tertiary/aromatic N) is 3. The van der Waals surface area contributed by atoms with Gasteiger partial charge in [0.25, 0.3) is 0 Å². The Kier molecular flexibility index (Phi) is 6.61. The first kappa shape index (κ1) is 18.1. The minimum absolute atomic E-state index is 0.178. The van der Waals surface area contributed by atoms with Crippen molar-refractivity contribution in [3.63, 3.8) is 0 Å². The Morgan fingerprint density at radius 2 is 2.20 bits per heavy atom. The van der Waals surface area contributed by atoms with Crippen LogP contribution in [0.5, 0.6) is 0 Å². The minimum Gasteiger partial charge on any atom is -0.378 e. The van der Waals surface area contributed by atoms with Crippen LogP contribution < -0.4 is 5.32 Å². The molecule has 0 aromatic heterocycles. The van der Waals surface area contributed by atoms with Crippen molar-refractivity contribution in [1.29, 1.82) is 0 Å². The maximum atomic E-state index is 12.5. The van der Waals surface area contributed by atoms with Crippen molar-refractivity contribution in [2.75, 3.05) is 50.5 Å². The lowest BCUT2D eigenvalue weighted by molar-refractivity contribution is 0.0593. The summed E-state index contributed by atoms with van der Waals surface area (Å²) in [7, 11) is 0. The Morgan fingerprint density at radius 1 is 1.36 bits per heavy atom. The van der Waals surface area contributed by atoms with Gasteiger partial charge in [0.05, 0.1) is 19.8 Å². The second-order valence-corrected chi connectivity index (χ2v) is 7.02. The summed E-state index contributed by atoms with van der Waals surface area (Å²) in [5, 5.41) is 4.21. The minimum atomic E-state index is -0.178. The monoisotopic (exact) mass is 380 g/mol. The van der Waals surface area contributed by atoms with Gasteiger partial charge in [0.2, 0.25) is 0 Å². The Morgan fingerprint density at radius 3 is 3.00 bits per heavy atom. The van der Waals surface area contributed by atoms with E-state index in [9.17, 15) is 4.79 Å². The average molecular weight is 381 g/mol. The number of ether oxygens (including phenoxy) is 1. The number of urea groups is 1. The fourth-order valence-corrected chi connectivity index (χ4v) is 3.57. The summed E-state index contributed by atoms with van der Waals surface area (Å²) >= 11 is 7.52. The zero-order chi connectivity index (χ0) is 17.5. The van der Waals surface area contributed by atoms with Gasteiger partial charge in [-0.15, -0.1) is 0 Å². The number of halogens is 1. The van der Waals surface area contributed by atoms with Gasteiger partial charge < -0.3 is 15.0 Å². The summed E-state index contributed by atoms with van der Waals surface area (Å²) in [5.74, 6) is 0.775. The van der Waals surface area contributed by atoms with Gasteiger partial charge in [0, 0.05) is 36.1 Å². The number of carbonyl (C=O) groups excluding carboxylic acids is 1. The van der Waals surface area contributed by atoms with E-state index in [0.717, 1.165) is 37.2 Å². The van der Waals surface area contributed by atoms with Crippen molar-refractivity contribution in [3.8, 4) is 0 Å². The molecule has 0 aliphatic carbocycles. The second-order valence-electron chi connectivity index (χ2n) is 5.60. The predicted molar refractivity (Wildman–Crippen MR) is 103 cm³/mol. The summed E-state index contributed by atoms with van der Waals surface area (Å²) < 4.78 is 5.32. The molecular formula is C17H21ClN4O2S. The molecule has 3 rings (SSSR count). The number of amidine groups is 1. The highest BCUT2D eigenvalue weighted by atomic mass is 35.5. The molecular weight excluding hydrogens is 360 g/mol. The summed E-state index contributed by atoms with van der Waals surface area (Å²) in [6, 6.07) is 6.95. The molecule has 1 fully saturated rings. The lowest BCUT2D eigenvalue weighted by Crippen LogP contribution is -2.36. The third-order valence-electron chi connectivity index (χ3n) is 3.79. The largest absolute Gasteiger partial charge is 0.378 e. The van der Waals surface area contributed by atoms with Crippen molar-refractivity contribution in [2.45, 2.75) is 0 Å². The number of carbonyl (C=O) groups is 1. The van der Waals surface area contributed by atoms with Crippen LogP contribution in [-0.4, -0.2) is 66.1 Å². The molecule has 1 aromatic rings. The molecule has 0 unspecified atom stereocenters. The molecule has 0 spiro atoms. The van der Waals surface area contributed by atoms with Gasteiger partial charge in [-0.2, -0.15) is 0 Å². The van der Waals surface area contributed by atoms with Crippen molar-refractivity contribution in [1.82, 2.24) is 9.80 Å². The molecule has 6 nitrogen and oxygen atoms in total. The highest BCUT2D eigenvalue weighted by Gasteiger charge is 2.23. The first-order valence-corrected chi connectivity index (χ1v) is 9.58. The normalized spacial score (nSPS) is 17.9. The summed E-state index contributed by atoms with van der Waals surface area (Å²) in [5.41, 5.74) is 0.681. The SMILES string of the molecule is O=C(Nc1cccc(Cl)c1)N1CCN=C1SC/C=C/N1CCOCC1. The van der Waals surface area contributed by atoms with E-state index in [0.29, 0.717) is 23.8 Å². The number of hydrogen-bond acceptors (Lipinski definition) is 5. The summed E-state index contributed by atoms with van der Waals surface area (Å²) in [6.45, 7) is 4.65. The second kappa shape index (κ2) is 9.12. The van der Waals surface area contributed by atoms with Gasteiger partial charge in [0.1, 0.15) is 0 Å². The van der Waals surface area contributed by atoms with Crippen LogP contribution in [0.15, 0.2) is 41.5 Å². The number of amides is 2. The number of anilines is 1. The average Bonchev–Trinajstić information content (AvgIpc) is 3.08. The molecule has 2 aliphatic heterocycles. The van der Waals surface area contributed by atoms with Gasteiger partial charge in [0.15, 0.2) is 5.17 Å². The van der Waals surface area contributed by atoms with E-state index < -0.39 is 0 Å². The number of rotatable bonds is 4. The third-order valence-corrected chi connectivity index (χ3v) is 5.00. The Labute approximate surface area is 156 Å². The van der Waals surface area contributed by atoms with Crippen LogP contribution in [-0.2, 0) is 4.74 Å². The van der Waals surface area contributed by atoms with Crippen LogP contribution in [0, 0.1) is 0 Å². The maximum Gasteiger partial charge on any atom is 0.327 e. The lowest BCUT2D eigenvalue weighted by atomic mass is 10.3. The summed E-state index contributed by atoms with van der Waals surface area (Å²) in [6.07, 6.45) is 4.20. The van der Waals surface area contributed by atoms with Crippen LogP contribution in [0.2, 0.25) is 5.02 Å². The van der Waals surface area contributed by atoms with E-state index in [1.165, 1.54) is 0 Å².